The third-order valence-corrected chi connectivity index (χ3v) is 3.15. The molecule has 0 aromatic heterocycles. The van der Waals surface area contributed by atoms with E-state index in [0.29, 0.717) is 6.54 Å². The van der Waals surface area contributed by atoms with Crippen LogP contribution >= 0.6 is 0 Å². The summed E-state index contributed by atoms with van der Waals surface area (Å²) in [5, 5.41) is 2.97. The Hall–Kier alpha value is -1.51. The molecule has 1 aromatic carbocycles. The molecule has 3 nitrogen and oxygen atoms in total. The zero-order valence-corrected chi connectivity index (χ0v) is 10.5. The Morgan fingerprint density at radius 1 is 1.47 bits per heavy atom. The monoisotopic (exact) mass is 233 g/mol. The number of hydrogen-bond acceptors (Lipinski definition) is 2. The van der Waals surface area contributed by atoms with Gasteiger partial charge in [0.15, 0.2) is 0 Å². The van der Waals surface area contributed by atoms with Gasteiger partial charge >= 0.3 is 0 Å². The molecule has 1 fully saturated rings. The summed E-state index contributed by atoms with van der Waals surface area (Å²) < 4.78 is 5.30. The van der Waals surface area contributed by atoms with Crippen LogP contribution in [-0.4, -0.2) is 13.0 Å². The van der Waals surface area contributed by atoms with E-state index < -0.39 is 0 Å². The fourth-order valence-corrected chi connectivity index (χ4v) is 1.86. The molecule has 1 aromatic rings. The maximum absolute atomic E-state index is 11.6. The highest BCUT2D eigenvalue weighted by atomic mass is 16.5. The van der Waals surface area contributed by atoms with E-state index in [-0.39, 0.29) is 11.8 Å². The maximum atomic E-state index is 11.6. The predicted molar refractivity (Wildman–Crippen MR) is 66.9 cm³/mol. The SMILES string of the molecule is CCc1ccc(OC)c(CNC(=O)C2CC2)c1. The number of benzene rings is 1. The minimum atomic E-state index is 0.175. The summed E-state index contributed by atoms with van der Waals surface area (Å²) in [6, 6.07) is 6.13. The maximum Gasteiger partial charge on any atom is 0.223 e. The van der Waals surface area contributed by atoms with Crippen molar-refractivity contribution in [3.8, 4) is 5.75 Å². The second-order valence-corrected chi connectivity index (χ2v) is 4.49. The fraction of sp³-hybridized carbons (Fsp3) is 0.500. The van der Waals surface area contributed by atoms with E-state index in [4.69, 9.17) is 4.74 Å². The van der Waals surface area contributed by atoms with Crippen molar-refractivity contribution in [1.29, 1.82) is 0 Å². The quantitative estimate of drug-likeness (QED) is 0.847. The van der Waals surface area contributed by atoms with Gasteiger partial charge in [0.1, 0.15) is 5.75 Å². The first-order valence-electron chi connectivity index (χ1n) is 6.18. The lowest BCUT2D eigenvalue weighted by molar-refractivity contribution is -0.122. The van der Waals surface area contributed by atoms with Gasteiger partial charge in [-0.1, -0.05) is 19.1 Å². The van der Waals surface area contributed by atoms with E-state index in [9.17, 15) is 4.79 Å². The molecule has 0 spiro atoms. The molecule has 1 N–H and O–H groups in total. The average molecular weight is 233 g/mol. The van der Waals surface area contributed by atoms with E-state index in [1.54, 1.807) is 7.11 Å². The number of ether oxygens (including phenoxy) is 1. The van der Waals surface area contributed by atoms with E-state index in [0.717, 1.165) is 30.6 Å². The first-order chi connectivity index (χ1) is 8.24. The van der Waals surface area contributed by atoms with Crippen molar-refractivity contribution < 1.29 is 9.53 Å². The van der Waals surface area contributed by atoms with Gasteiger partial charge in [0.25, 0.3) is 0 Å². The van der Waals surface area contributed by atoms with Crippen molar-refractivity contribution in [3.05, 3.63) is 29.3 Å². The molecule has 17 heavy (non-hydrogen) atoms. The summed E-state index contributed by atoms with van der Waals surface area (Å²) in [4.78, 5) is 11.6. The van der Waals surface area contributed by atoms with Crippen molar-refractivity contribution in [2.75, 3.05) is 7.11 Å². The lowest BCUT2D eigenvalue weighted by Gasteiger charge is -2.11. The first kappa shape index (κ1) is 12.0. The molecule has 1 amide bonds. The van der Waals surface area contributed by atoms with Crippen LogP contribution < -0.4 is 10.1 Å². The van der Waals surface area contributed by atoms with Crippen molar-refractivity contribution in [1.82, 2.24) is 5.32 Å². The van der Waals surface area contributed by atoms with Crippen LogP contribution in [0.2, 0.25) is 0 Å². The number of methoxy groups -OCH3 is 1. The summed E-state index contributed by atoms with van der Waals surface area (Å²) in [6.07, 6.45) is 3.07. The highest BCUT2D eigenvalue weighted by Gasteiger charge is 2.29. The minimum Gasteiger partial charge on any atom is -0.496 e. The summed E-state index contributed by atoms with van der Waals surface area (Å²) in [5.41, 5.74) is 2.32. The van der Waals surface area contributed by atoms with Crippen molar-refractivity contribution in [2.45, 2.75) is 32.7 Å². The molecule has 1 saturated carbocycles. The smallest absolute Gasteiger partial charge is 0.223 e. The van der Waals surface area contributed by atoms with Crippen LogP contribution in [0.1, 0.15) is 30.9 Å². The van der Waals surface area contributed by atoms with Gasteiger partial charge in [-0.15, -0.1) is 0 Å². The predicted octanol–water partition coefficient (Wildman–Crippen LogP) is 2.28. The molecule has 92 valence electrons. The Labute approximate surface area is 102 Å². The molecule has 0 saturated heterocycles. The molecule has 2 rings (SSSR count). The van der Waals surface area contributed by atoms with Gasteiger partial charge in [-0.05, 0) is 30.9 Å². The average Bonchev–Trinajstić information content (AvgIpc) is 3.19. The number of amides is 1. The van der Waals surface area contributed by atoms with Gasteiger partial charge in [-0.2, -0.15) is 0 Å². The Balaban J connectivity index is 2.03. The third kappa shape index (κ3) is 2.99. The Morgan fingerprint density at radius 3 is 2.82 bits per heavy atom. The molecule has 0 atom stereocenters. The van der Waals surface area contributed by atoms with Gasteiger partial charge in [-0.25, -0.2) is 0 Å². The second-order valence-electron chi connectivity index (χ2n) is 4.49. The topological polar surface area (TPSA) is 38.3 Å². The Bertz CT molecular complexity index is 411. The second kappa shape index (κ2) is 5.21. The molecular formula is C14H19NO2. The number of carbonyl (C=O) groups is 1. The van der Waals surface area contributed by atoms with Gasteiger partial charge < -0.3 is 10.1 Å². The van der Waals surface area contributed by atoms with Crippen molar-refractivity contribution >= 4 is 5.91 Å². The molecule has 1 aliphatic rings. The van der Waals surface area contributed by atoms with E-state index >= 15 is 0 Å². The van der Waals surface area contributed by atoms with Gasteiger partial charge in [0.2, 0.25) is 5.91 Å². The van der Waals surface area contributed by atoms with Crippen molar-refractivity contribution in [3.63, 3.8) is 0 Å². The normalized spacial score (nSPS) is 14.5. The summed E-state index contributed by atoms with van der Waals surface area (Å²) in [6.45, 7) is 2.68. The molecule has 0 radical (unpaired) electrons. The van der Waals surface area contributed by atoms with Crippen LogP contribution in [0.5, 0.6) is 5.75 Å². The number of carbonyl (C=O) groups excluding carboxylic acids is 1. The zero-order chi connectivity index (χ0) is 12.3. The van der Waals surface area contributed by atoms with Crippen molar-refractivity contribution in [2.24, 2.45) is 5.92 Å². The molecule has 1 aliphatic carbocycles. The number of rotatable bonds is 5. The van der Waals surface area contributed by atoms with E-state index in [2.05, 4.69) is 24.4 Å². The molecule has 0 heterocycles. The molecular weight excluding hydrogens is 214 g/mol. The highest BCUT2D eigenvalue weighted by Crippen LogP contribution is 2.29. The van der Waals surface area contributed by atoms with E-state index in [1.165, 1.54) is 5.56 Å². The van der Waals surface area contributed by atoms with Crippen LogP contribution in [0.4, 0.5) is 0 Å². The summed E-state index contributed by atoms with van der Waals surface area (Å²) >= 11 is 0. The van der Waals surface area contributed by atoms with Crippen LogP contribution in [-0.2, 0) is 17.8 Å². The van der Waals surface area contributed by atoms with Gasteiger partial charge in [-0.3, -0.25) is 4.79 Å². The van der Waals surface area contributed by atoms with E-state index in [1.807, 2.05) is 6.07 Å². The lowest BCUT2D eigenvalue weighted by Crippen LogP contribution is -2.24. The standard InChI is InChI=1S/C14H19NO2/c1-3-10-4-7-13(17-2)12(8-10)9-15-14(16)11-5-6-11/h4,7-8,11H,3,5-6,9H2,1-2H3,(H,15,16). The Morgan fingerprint density at radius 2 is 2.24 bits per heavy atom. The van der Waals surface area contributed by atoms with Gasteiger partial charge in [0, 0.05) is 18.0 Å². The van der Waals surface area contributed by atoms with Gasteiger partial charge in [0.05, 0.1) is 7.11 Å². The third-order valence-electron chi connectivity index (χ3n) is 3.15. The van der Waals surface area contributed by atoms with Crippen LogP contribution in [0, 0.1) is 5.92 Å². The number of nitrogens with one attached hydrogen (secondary N) is 1. The molecule has 0 bridgehead atoms. The molecule has 0 aliphatic heterocycles. The molecule has 3 heteroatoms. The zero-order valence-electron chi connectivity index (χ0n) is 10.5. The largest absolute Gasteiger partial charge is 0.496 e. The van der Waals surface area contributed by atoms with Crippen LogP contribution in [0.15, 0.2) is 18.2 Å². The van der Waals surface area contributed by atoms with Crippen LogP contribution in [0.3, 0.4) is 0 Å². The fourth-order valence-electron chi connectivity index (χ4n) is 1.86. The Kier molecular flexibility index (Phi) is 3.67. The lowest BCUT2D eigenvalue weighted by atomic mass is 10.1. The van der Waals surface area contributed by atoms with Crippen LogP contribution in [0.25, 0.3) is 0 Å². The summed E-state index contributed by atoms with van der Waals surface area (Å²) in [7, 11) is 1.66. The highest BCUT2D eigenvalue weighted by molar-refractivity contribution is 5.80. The number of aryl methyl sites for hydroxylation is 1. The first-order valence-corrected chi connectivity index (χ1v) is 6.18. The molecule has 0 unspecified atom stereocenters. The summed E-state index contributed by atoms with van der Waals surface area (Å²) in [5.74, 6) is 1.28. The number of hydrogen-bond donors (Lipinski definition) is 1. The minimum absolute atomic E-state index is 0.175.